The summed E-state index contributed by atoms with van der Waals surface area (Å²) >= 11 is 0. The number of benzene rings is 1. The Morgan fingerprint density at radius 3 is 2.89 bits per heavy atom. The molecule has 3 aromatic rings. The van der Waals surface area contributed by atoms with Crippen LogP contribution in [0.25, 0.3) is 5.78 Å². The number of hydrogen-bond acceptors (Lipinski definition) is 4. The number of anilines is 1. The molecule has 0 saturated carbocycles. The lowest BCUT2D eigenvalue weighted by Crippen LogP contribution is -2.11. The SMILES string of the molecule is Cc1cn2nc(NCc3ccccc3)[nH]c2nc1=O. The van der Waals surface area contributed by atoms with E-state index in [2.05, 4.69) is 20.4 Å². The second-order valence-electron chi connectivity index (χ2n) is 4.31. The number of rotatable bonds is 3. The minimum Gasteiger partial charge on any atom is -0.350 e. The lowest BCUT2D eigenvalue weighted by Gasteiger charge is -2.01. The molecule has 1 aromatic carbocycles. The number of H-pyrrole nitrogens is 1. The number of nitrogens with zero attached hydrogens (tertiary/aromatic N) is 3. The van der Waals surface area contributed by atoms with Gasteiger partial charge in [0, 0.05) is 18.3 Å². The van der Waals surface area contributed by atoms with Gasteiger partial charge in [0.25, 0.3) is 5.56 Å². The van der Waals surface area contributed by atoms with E-state index in [0.717, 1.165) is 5.56 Å². The van der Waals surface area contributed by atoms with Gasteiger partial charge in [-0.1, -0.05) is 30.3 Å². The predicted octanol–water partition coefficient (Wildman–Crippen LogP) is 1.34. The summed E-state index contributed by atoms with van der Waals surface area (Å²) in [6, 6.07) is 10.0. The minimum absolute atomic E-state index is 0.238. The number of aromatic nitrogens is 4. The molecule has 19 heavy (non-hydrogen) atoms. The predicted molar refractivity (Wildman–Crippen MR) is 72.1 cm³/mol. The van der Waals surface area contributed by atoms with E-state index in [4.69, 9.17) is 0 Å². The maximum absolute atomic E-state index is 11.4. The molecule has 2 N–H and O–H groups in total. The second-order valence-corrected chi connectivity index (χ2v) is 4.31. The monoisotopic (exact) mass is 255 g/mol. The number of aryl methyl sites for hydroxylation is 1. The Hall–Kier alpha value is -2.63. The molecule has 0 aliphatic rings. The molecule has 3 rings (SSSR count). The Morgan fingerprint density at radius 1 is 1.32 bits per heavy atom. The first kappa shape index (κ1) is 11.5. The average molecular weight is 255 g/mol. The van der Waals surface area contributed by atoms with Gasteiger partial charge >= 0.3 is 0 Å². The van der Waals surface area contributed by atoms with Crippen molar-refractivity contribution in [2.45, 2.75) is 13.5 Å². The molecule has 6 nitrogen and oxygen atoms in total. The molecule has 0 spiro atoms. The largest absolute Gasteiger partial charge is 0.350 e. The van der Waals surface area contributed by atoms with E-state index in [1.807, 2.05) is 30.3 Å². The van der Waals surface area contributed by atoms with Crippen LogP contribution >= 0.6 is 0 Å². The first-order valence-electron chi connectivity index (χ1n) is 5.96. The fraction of sp³-hybridized carbons (Fsp3) is 0.154. The third-order valence-corrected chi connectivity index (χ3v) is 2.82. The van der Waals surface area contributed by atoms with Crippen LogP contribution < -0.4 is 10.9 Å². The van der Waals surface area contributed by atoms with E-state index in [1.165, 1.54) is 0 Å². The molecular weight excluding hydrogens is 242 g/mol. The van der Waals surface area contributed by atoms with Crippen LogP contribution in [-0.4, -0.2) is 19.6 Å². The highest BCUT2D eigenvalue weighted by atomic mass is 16.1. The van der Waals surface area contributed by atoms with Gasteiger partial charge in [-0.15, -0.1) is 5.10 Å². The van der Waals surface area contributed by atoms with Crippen molar-refractivity contribution in [1.29, 1.82) is 0 Å². The van der Waals surface area contributed by atoms with Crippen LogP contribution in [0, 0.1) is 6.92 Å². The first-order chi connectivity index (χ1) is 9.22. The van der Waals surface area contributed by atoms with E-state index in [1.54, 1.807) is 17.6 Å². The van der Waals surface area contributed by atoms with Crippen LogP contribution in [0.2, 0.25) is 0 Å². The summed E-state index contributed by atoms with van der Waals surface area (Å²) in [5.74, 6) is 1.02. The Bertz CT molecular complexity index is 760. The smallest absolute Gasteiger partial charge is 0.277 e. The van der Waals surface area contributed by atoms with Crippen molar-refractivity contribution in [3.63, 3.8) is 0 Å². The molecular formula is C13H13N5O. The summed E-state index contributed by atoms with van der Waals surface area (Å²) in [6.07, 6.45) is 1.66. The average Bonchev–Trinajstić information content (AvgIpc) is 2.80. The highest BCUT2D eigenvalue weighted by molar-refractivity contribution is 5.37. The third kappa shape index (κ3) is 2.33. The Labute approximate surface area is 109 Å². The summed E-state index contributed by atoms with van der Waals surface area (Å²) in [4.78, 5) is 18.3. The third-order valence-electron chi connectivity index (χ3n) is 2.82. The van der Waals surface area contributed by atoms with E-state index in [9.17, 15) is 4.79 Å². The molecule has 0 bridgehead atoms. The van der Waals surface area contributed by atoms with E-state index in [0.29, 0.717) is 23.8 Å². The second kappa shape index (κ2) is 4.56. The van der Waals surface area contributed by atoms with E-state index >= 15 is 0 Å². The van der Waals surface area contributed by atoms with Crippen molar-refractivity contribution in [1.82, 2.24) is 19.6 Å². The van der Waals surface area contributed by atoms with Crippen LogP contribution in [0.1, 0.15) is 11.1 Å². The molecule has 0 unspecified atom stereocenters. The van der Waals surface area contributed by atoms with Crippen LogP contribution in [0.5, 0.6) is 0 Å². The van der Waals surface area contributed by atoms with Gasteiger partial charge in [0.15, 0.2) is 0 Å². The molecule has 0 aliphatic carbocycles. The van der Waals surface area contributed by atoms with Gasteiger partial charge in [0.2, 0.25) is 11.7 Å². The van der Waals surface area contributed by atoms with Crippen molar-refractivity contribution in [3.05, 3.63) is 58.0 Å². The molecule has 0 aliphatic heterocycles. The zero-order chi connectivity index (χ0) is 13.2. The standard InChI is InChI=1S/C13H13N5O/c1-9-8-18-13(15-11(9)19)16-12(17-18)14-7-10-5-3-2-4-6-10/h2-6,8H,7H2,1H3,(H2,14,15,16,17,19). The zero-order valence-electron chi connectivity index (χ0n) is 10.4. The summed E-state index contributed by atoms with van der Waals surface area (Å²) in [5.41, 5.74) is 1.48. The van der Waals surface area contributed by atoms with Crippen LogP contribution in [0.15, 0.2) is 41.3 Å². The van der Waals surface area contributed by atoms with Crippen molar-refractivity contribution in [3.8, 4) is 0 Å². The Morgan fingerprint density at radius 2 is 2.11 bits per heavy atom. The Kier molecular flexibility index (Phi) is 2.75. The molecule has 2 heterocycles. The molecule has 6 heteroatoms. The molecule has 0 atom stereocenters. The molecule has 96 valence electrons. The topological polar surface area (TPSA) is 75.1 Å². The first-order valence-corrected chi connectivity index (χ1v) is 5.96. The summed E-state index contributed by atoms with van der Waals surface area (Å²) in [6.45, 7) is 2.37. The molecule has 0 saturated heterocycles. The number of nitrogens with one attached hydrogen (secondary N) is 2. The summed E-state index contributed by atoms with van der Waals surface area (Å²) < 4.78 is 1.56. The lowest BCUT2D eigenvalue weighted by atomic mass is 10.2. The van der Waals surface area contributed by atoms with E-state index in [-0.39, 0.29) is 5.56 Å². The summed E-state index contributed by atoms with van der Waals surface area (Å²) in [7, 11) is 0. The number of fused-ring (bicyclic) bond motifs is 1. The van der Waals surface area contributed by atoms with Crippen LogP contribution in [0.3, 0.4) is 0 Å². The van der Waals surface area contributed by atoms with Gasteiger partial charge < -0.3 is 5.32 Å². The quantitative estimate of drug-likeness (QED) is 0.740. The number of hydrogen-bond donors (Lipinski definition) is 2. The highest BCUT2D eigenvalue weighted by Crippen LogP contribution is 2.05. The molecule has 2 aromatic heterocycles. The highest BCUT2D eigenvalue weighted by Gasteiger charge is 2.04. The zero-order valence-corrected chi connectivity index (χ0v) is 10.4. The lowest BCUT2D eigenvalue weighted by molar-refractivity contribution is 0.912. The van der Waals surface area contributed by atoms with Gasteiger partial charge in [0.1, 0.15) is 0 Å². The maximum Gasteiger partial charge on any atom is 0.277 e. The van der Waals surface area contributed by atoms with Gasteiger partial charge in [-0.05, 0) is 12.5 Å². The van der Waals surface area contributed by atoms with Crippen LogP contribution in [-0.2, 0) is 6.54 Å². The van der Waals surface area contributed by atoms with Crippen molar-refractivity contribution >= 4 is 11.7 Å². The number of aromatic amines is 1. The van der Waals surface area contributed by atoms with Gasteiger partial charge in [-0.2, -0.15) is 4.98 Å². The van der Waals surface area contributed by atoms with Crippen LogP contribution in [0.4, 0.5) is 5.95 Å². The Balaban J connectivity index is 1.84. The van der Waals surface area contributed by atoms with Crippen molar-refractivity contribution < 1.29 is 0 Å². The van der Waals surface area contributed by atoms with Crippen molar-refractivity contribution in [2.75, 3.05) is 5.32 Å². The van der Waals surface area contributed by atoms with Gasteiger partial charge in [-0.3, -0.25) is 9.78 Å². The molecule has 0 fully saturated rings. The van der Waals surface area contributed by atoms with Gasteiger partial charge in [0.05, 0.1) is 0 Å². The fourth-order valence-electron chi connectivity index (χ4n) is 1.80. The summed E-state index contributed by atoms with van der Waals surface area (Å²) in [5, 5.41) is 7.44. The molecule has 0 radical (unpaired) electrons. The van der Waals surface area contributed by atoms with Gasteiger partial charge in [-0.25, -0.2) is 4.52 Å². The van der Waals surface area contributed by atoms with Crippen molar-refractivity contribution in [2.24, 2.45) is 0 Å². The maximum atomic E-state index is 11.4. The van der Waals surface area contributed by atoms with E-state index < -0.39 is 0 Å². The normalized spacial score (nSPS) is 10.8. The minimum atomic E-state index is -0.238. The molecule has 0 amide bonds. The fourth-order valence-corrected chi connectivity index (χ4v) is 1.80.